The number of aromatic nitrogens is 1. The van der Waals surface area contributed by atoms with Gasteiger partial charge in [0.25, 0.3) is 0 Å². The predicted molar refractivity (Wildman–Crippen MR) is 190 cm³/mol. The molecule has 0 aliphatic carbocycles. The molecular formula is C39H23ClN2O4S. The zero-order chi connectivity index (χ0) is 31.3. The van der Waals surface area contributed by atoms with Crippen LogP contribution in [0.15, 0.2) is 158 Å². The van der Waals surface area contributed by atoms with Gasteiger partial charge in [0, 0.05) is 43.6 Å². The average Bonchev–Trinajstić information content (AvgIpc) is 3.90. The smallest absolute Gasteiger partial charge is 0.220 e. The Morgan fingerprint density at radius 1 is 0.617 bits per heavy atom. The van der Waals surface area contributed by atoms with E-state index in [2.05, 4.69) is 11.1 Å². The number of H-pyrrole nitrogens is 1. The molecule has 6 nitrogen and oxygen atoms in total. The van der Waals surface area contributed by atoms with Crippen LogP contribution in [0, 0.1) is 0 Å². The van der Waals surface area contributed by atoms with E-state index < -0.39 is 0 Å². The number of benzene rings is 5. The van der Waals surface area contributed by atoms with Gasteiger partial charge in [-0.1, -0.05) is 84.0 Å². The Morgan fingerprint density at radius 2 is 1.23 bits per heavy atom. The number of rotatable bonds is 6. The van der Waals surface area contributed by atoms with Gasteiger partial charge in [0.15, 0.2) is 28.5 Å². The number of para-hydroxylation sites is 4. The second-order valence-electron chi connectivity index (χ2n) is 11.0. The molecule has 0 saturated carbocycles. The van der Waals surface area contributed by atoms with Gasteiger partial charge in [0.2, 0.25) is 5.90 Å². The van der Waals surface area contributed by atoms with E-state index in [4.69, 9.17) is 34.9 Å². The number of nitrogens with zero attached hydrogens (tertiary/aromatic N) is 1. The summed E-state index contributed by atoms with van der Waals surface area (Å²) < 4.78 is 25.0. The second kappa shape index (κ2) is 11.3. The third-order valence-corrected chi connectivity index (χ3v) is 9.35. The van der Waals surface area contributed by atoms with Crippen molar-refractivity contribution in [2.24, 2.45) is 4.99 Å². The van der Waals surface area contributed by atoms with Gasteiger partial charge in [0.05, 0.1) is 16.3 Å². The van der Waals surface area contributed by atoms with Crippen LogP contribution in [0.25, 0.3) is 48.8 Å². The third kappa shape index (κ3) is 5.06. The Kier molecular flexibility index (Phi) is 6.66. The summed E-state index contributed by atoms with van der Waals surface area (Å²) in [4.78, 5) is 10.2. The van der Waals surface area contributed by atoms with Crippen molar-refractivity contribution in [3.05, 3.63) is 150 Å². The van der Waals surface area contributed by atoms with Gasteiger partial charge in [-0.25, -0.2) is 4.99 Å². The van der Waals surface area contributed by atoms with Crippen LogP contribution in [-0.4, -0.2) is 10.9 Å². The molecule has 8 aromatic rings. The Balaban J connectivity index is 1.07. The van der Waals surface area contributed by atoms with Crippen molar-refractivity contribution in [1.82, 2.24) is 4.98 Å². The number of hydrogen-bond donors (Lipinski definition) is 1. The summed E-state index contributed by atoms with van der Waals surface area (Å²) in [6, 6.07) is 39.4. The van der Waals surface area contributed by atoms with E-state index >= 15 is 0 Å². The molecule has 1 N–H and O–H groups in total. The summed E-state index contributed by atoms with van der Waals surface area (Å²) in [6.07, 6.45) is 3.81. The molecule has 0 unspecified atom stereocenters. The van der Waals surface area contributed by atoms with E-state index in [1.807, 2.05) is 127 Å². The van der Waals surface area contributed by atoms with Crippen LogP contribution in [0.5, 0.6) is 17.4 Å². The number of aliphatic imine (C=N–C) groups is 1. The number of fused-ring (bicyclic) bond motifs is 6. The molecule has 0 atom stereocenters. The number of hydrogen-bond acceptors (Lipinski definition) is 6. The lowest BCUT2D eigenvalue weighted by atomic mass is 10.1. The molecule has 0 amide bonds. The molecule has 0 radical (unpaired) electrons. The van der Waals surface area contributed by atoms with Crippen molar-refractivity contribution < 1.29 is 18.3 Å². The Labute approximate surface area is 277 Å². The number of halogens is 1. The van der Waals surface area contributed by atoms with Gasteiger partial charge >= 0.3 is 0 Å². The minimum atomic E-state index is 0.460. The lowest BCUT2D eigenvalue weighted by Gasteiger charge is -2.09. The first-order valence-corrected chi connectivity index (χ1v) is 16.2. The first-order valence-electron chi connectivity index (χ1n) is 15.0. The molecule has 0 fully saturated rings. The fourth-order valence-electron chi connectivity index (χ4n) is 5.79. The largest absolute Gasteiger partial charge is 0.452 e. The van der Waals surface area contributed by atoms with Crippen LogP contribution >= 0.6 is 23.4 Å². The van der Waals surface area contributed by atoms with Crippen LogP contribution in [0.2, 0.25) is 5.02 Å². The standard InChI is InChI=1S/C39H23ClN2O4S/c40-23-15-17-24(18-16-23)47-39(29-19-21-35(41-29)43-33-13-5-9-27-25-7-1-3-11-31(25)45-37(27)33)30-20-22-36(42-30)44-34-14-6-10-28-26-8-2-4-12-32(26)46-38(28)34/h1-22,41H/b39-30+. The van der Waals surface area contributed by atoms with Crippen LogP contribution in [-0.2, 0) is 0 Å². The van der Waals surface area contributed by atoms with E-state index in [1.165, 1.54) is 0 Å². The fraction of sp³-hybridized carbons (Fsp3) is 0. The molecule has 0 spiro atoms. The van der Waals surface area contributed by atoms with Crippen LogP contribution in [0.4, 0.5) is 0 Å². The number of thioether (sulfide) groups is 1. The van der Waals surface area contributed by atoms with Crippen LogP contribution in [0.1, 0.15) is 5.69 Å². The maximum absolute atomic E-state index is 6.36. The Bertz CT molecular complexity index is 2570. The highest BCUT2D eigenvalue weighted by molar-refractivity contribution is 8.08. The Morgan fingerprint density at radius 3 is 1.91 bits per heavy atom. The molecule has 9 rings (SSSR count). The van der Waals surface area contributed by atoms with Gasteiger partial charge in [-0.05, 0) is 60.7 Å². The summed E-state index contributed by atoms with van der Waals surface area (Å²) >= 11 is 7.76. The molecule has 4 heterocycles. The van der Waals surface area contributed by atoms with Gasteiger partial charge in [-0.2, -0.15) is 0 Å². The fourth-order valence-corrected chi connectivity index (χ4v) is 6.88. The normalized spacial score (nSPS) is 14.0. The van der Waals surface area contributed by atoms with Crippen LogP contribution < -0.4 is 9.47 Å². The highest BCUT2D eigenvalue weighted by Crippen LogP contribution is 2.42. The highest BCUT2D eigenvalue weighted by atomic mass is 35.5. The van der Waals surface area contributed by atoms with E-state index in [-0.39, 0.29) is 0 Å². The minimum Gasteiger partial charge on any atom is -0.452 e. The first-order chi connectivity index (χ1) is 23.2. The van der Waals surface area contributed by atoms with E-state index in [1.54, 1.807) is 11.8 Å². The monoisotopic (exact) mass is 650 g/mol. The summed E-state index contributed by atoms with van der Waals surface area (Å²) in [5.41, 5.74) is 4.58. The van der Waals surface area contributed by atoms with Crippen molar-refractivity contribution in [3.8, 4) is 17.4 Å². The van der Waals surface area contributed by atoms with Crippen molar-refractivity contribution in [3.63, 3.8) is 0 Å². The molecule has 0 saturated heterocycles. The average molecular weight is 651 g/mol. The summed E-state index contributed by atoms with van der Waals surface area (Å²) in [7, 11) is 0. The van der Waals surface area contributed by atoms with Crippen molar-refractivity contribution in [2.75, 3.05) is 0 Å². The lowest BCUT2D eigenvalue weighted by Crippen LogP contribution is -2.02. The molecule has 226 valence electrons. The SMILES string of the molecule is Clc1ccc(S/C(=C2\C=CC(Oc3cccc4c3oc3ccccc34)=N2)c2ccc(Oc3cccc4c3oc3ccccc34)[nH]2)cc1. The van der Waals surface area contributed by atoms with E-state index in [0.717, 1.165) is 53.9 Å². The summed E-state index contributed by atoms with van der Waals surface area (Å²) in [5, 5.41) is 4.76. The molecular weight excluding hydrogens is 628 g/mol. The summed E-state index contributed by atoms with van der Waals surface area (Å²) in [5.74, 6) is 2.26. The zero-order valence-corrected chi connectivity index (χ0v) is 26.1. The van der Waals surface area contributed by atoms with E-state index in [0.29, 0.717) is 39.5 Å². The van der Waals surface area contributed by atoms with Crippen molar-refractivity contribution in [2.45, 2.75) is 4.90 Å². The lowest BCUT2D eigenvalue weighted by molar-refractivity contribution is 0.461. The second-order valence-corrected chi connectivity index (χ2v) is 12.5. The first kappa shape index (κ1) is 27.7. The number of allylic oxidation sites excluding steroid dienone is 1. The quantitative estimate of drug-likeness (QED) is 0.181. The van der Waals surface area contributed by atoms with Gasteiger partial charge in [-0.3, -0.25) is 0 Å². The maximum Gasteiger partial charge on any atom is 0.220 e. The molecule has 3 aromatic heterocycles. The van der Waals surface area contributed by atoms with Gasteiger partial charge in [0.1, 0.15) is 11.2 Å². The number of ether oxygens (including phenoxy) is 2. The maximum atomic E-state index is 6.36. The number of aromatic amines is 1. The molecule has 1 aliphatic heterocycles. The minimum absolute atomic E-state index is 0.460. The van der Waals surface area contributed by atoms with Gasteiger partial charge < -0.3 is 23.3 Å². The van der Waals surface area contributed by atoms with Crippen molar-refractivity contribution >= 4 is 78.0 Å². The Hall–Kier alpha value is -5.63. The van der Waals surface area contributed by atoms with Crippen molar-refractivity contribution in [1.29, 1.82) is 0 Å². The molecule has 5 aromatic carbocycles. The topological polar surface area (TPSA) is 72.9 Å². The molecule has 8 heteroatoms. The number of nitrogens with one attached hydrogen (secondary N) is 1. The predicted octanol–water partition coefficient (Wildman–Crippen LogP) is 11.8. The molecule has 47 heavy (non-hydrogen) atoms. The molecule has 1 aliphatic rings. The number of furan rings is 2. The van der Waals surface area contributed by atoms with Gasteiger partial charge in [-0.15, -0.1) is 0 Å². The zero-order valence-electron chi connectivity index (χ0n) is 24.6. The van der Waals surface area contributed by atoms with Crippen LogP contribution in [0.3, 0.4) is 0 Å². The summed E-state index contributed by atoms with van der Waals surface area (Å²) in [6.45, 7) is 0. The highest BCUT2D eigenvalue weighted by Gasteiger charge is 2.20. The third-order valence-electron chi connectivity index (χ3n) is 7.96. The molecule has 0 bridgehead atoms. The van der Waals surface area contributed by atoms with E-state index in [9.17, 15) is 0 Å².